The van der Waals surface area contributed by atoms with Crippen LogP contribution in [0.4, 0.5) is 0 Å². The van der Waals surface area contributed by atoms with E-state index in [-0.39, 0.29) is 5.91 Å². The molecule has 22 heavy (non-hydrogen) atoms. The van der Waals surface area contributed by atoms with Crippen LogP contribution in [0.5, 0.6) is 0 Å². The SMILES string of the molecule is O=C(O)c1ccc(CC2CCN(C(=O)c3ccn[nH]3)C2)cc1. The summed E-state index contributed by atoms with van der Waals surface area (Å²) in [6, 6.07) is 8.63. The van der Waals surface area contributed by atoms with Gasteiger partial charge in [0.05, 0.1) is 5.56 Å². The number of carboxylic acid groups (broad SMARTS) is 1. The van der Waals surface area contributed by atoms with Gasteiger partial charge in [-0.25, -0.2) is 4.79 Å². The molecule has 1 aromatic heterocycles. The molecule has 1 unspecified atom stereocenters. The zero-order valence-electron chi connectivity index (χ0n) is 12.0. The normalized spacial score (nSPS) is 17.6. The number of benzene rings is 1. The van der Waals surface area contributed by atoms with Gasteiger partial charge >= 0.3 is 5.97 Å². The Bertz CT molecular complexity index is 664. The molecule has 1 fully saturated rings. The van der Waals surface area contributed by atoms with Crippen LogP contribution in [0.2, 0.25) is 0 Å². The Kier molecular flexibility index (Phi) is 3.91. The minimum atomic E-state index is -0.913. The van der Waals surface area contributed by atoms with Crippen LogP contribution in [0, 0.1) is 5.92 Å². The summed E-state index contributed by atoms with van der Waals surface area (Å²) in [5, 5.41) is 15.4. The second-order valence-electron chi connectivity index (χ2n) is 5.58. The molecule has 6 nitrogen and oxygen atoms in total. The van der Waals surface area contributed by atoms with Crippen LogP contribution in [0.25, 0.3) is 0 Å². The maximum Gasteiger partial charge on any atom is 0.335 e. The van der Waals surface area contributed by atoms with Crippen LogP contribution in [0.15, 0.2) is 36.5 Å². The number of rotatable bonds is 4. The molecule has 114 valence electrons. The van der Waals surface area contributed by atoms with Gasteiger partial charge in [0, 0.05) is 19.3 Å². The van der Waals surface area contributed by atoms with E-state index in [1.54, 1.807) is 24.4 Å². The van der Waals surface area contributed by atoms with Gasteiger partial charge in [-0.1, -0.05) is 12.1 Å². The molecule has 1 atom stereocenters. The maximum absolute atomic E-state index is 12.2. The quantitative estimate of drug-likeness (QED) is 0.901. The molecular formula is C16H17N3O3. The van der Waals surface area contributed by atoms with Crippen molar-refractivity contribution in [1.82, 2.24) is 15.1 Å². The Labute approximate surface area is 127 Å². The number of carboxylic acids is 1. The lowest BCUT2D eigenvalue weighted by molar-refractivity contribution is 0.0696. The number of aromatic carboxylic acids is 1. The zero-order valence-corrected chi connectivity index (χ0v) is 12.0. The monoisotopic (exact) mass is 299 g/mol. The lowest BCUT2D eigenvalue weighted by atomic mass is 9.98. The number of amides is 1. The van der Waals surface area contributed by atoms with Gasteiger partial charge in [0.15, 0.2) is 0 Å². The van der Waals surface area contributed by atoms with Gasteiger partial charge in [-0.2, -0.15) is 5.10 Å². The third kappa shape index (κ3) is 3.00. The fourth-order valence-electron chi connectivity index (χ4n) is 2.85. The molecule has 0 saturated carbocycles. The highest BCUT2D eigenvalue weighted by Crippen LogP contribution is 2.22. The Balaban J connectivity index is 1.59. The second-order valence-corrected chi connectivity index (χ2v) is 5.58. The van der Waals surface area contributed by atoms with E-state index < -0.39 is 5.97 Å². The number of nitrogens with zero attached hydrogens (tertiary/aromatic N) is 2. The number of likely N-dealkylation sites (tertiary alicyclic amines) is 1. The Hall–Kier alpha value is -2.63. The lowest BCUT2D eigenvalue weighted by Crippen LogP contribution is -2.29. The average molecular weight is 299 g/mol. The molecular weight excluding hydrogens is 282 g/mol. The highest BCUT2D eigenvalue weighted by Gasteiger charge is 2.27. The van der Waals surface area contributed by atoms with Crippen molar-refractivity contribution in [3.63, 3.8) is 0 Å². The lowest BCUT2D eigenvalue weighted by Gasteiger charge is -2.15. The van der Waals surface area contributed by atoms with Crippen LogP contribution in [0.3, 0.4) is 0 Å². The molecule has 1 aliphatic heterocycles. The van der Waals surface area contributed by atoms with Crippen molar-refractivity contribution in [2.45, 2.75) is 12.8 Å². The number of hydrogen-bond donors (Lipinski definition) is 2. The number of aromatic amines is 1. The van der Waals surface area contributed by atoms with Gasteiger partial charge in [0.1, 0.15) is 5.69 Å². The van der Waals surface area contributed by atoms with Gasteiger partial charge in [0.25, 0.3) is 5.91 Å². The highest BCUT2D eigenvalue weighted by atomic mass is 16.4. The first-order valence-corrected chi connectivity index (χ1v) is 7.24. The van der Waals surface area contributed by atoms with Crippen LogP contribution < -0.4 is 0 Å². The largest absolute Gasteiger partial charge is 0.478 e. The van der Waals surface area contributed by atoms with E-state index in [0.717, 1.165) is 31.5 Å². The molecule has 0 bridgehead atoms. The number of carbonyl (C=O) groups excluding carboxylic acids is 1. The molecule has 2 aromatic rings. The van der Waals surface area contributed by atoms with E-state index >= 15 is 0 Å². The van der Waals surface area contributed by atoms with Crippen LogP contribution in [-0.2, 0) is 6.42 Å². The first kappa shape index (κ1) is 14.3. The van der Waals surface area contributed by atoms with Crippen molar-refractivity contribution in [2.24, 2.45) is 5.92 Å². The molecule has 1 saturated heterocycles. The molecule has 3 rings (SSSR count). The van der Waals surface area contributed by atoms with Gasteiger partial charge in [-0.05, 0) is 42.5 Å². The van der Waals surface area contributed by atoms with E-state index in [1.807, 2.05) is 17.0 Å². The number of nitrogens with one attached hydrogen (secondary N) is 1. The molecule has 1 aliphatic rings. The summed E-state index contributed by atoms with van der Waals surface area (Å²) in [4.78, 5) is 24.9. The van der Waals surface area contributed by atoms with Gasteiger partial charge in [-0.15, -0.1) is 0 Å². The molecule has 0 radical (unpaired) electrons. The van der Waals surface area contributed by atoms with Gasteiger partial charge in [-0.3, -0.25) is 9.89 Å². The Morgan fingerprint density at radius 2 is 2.05 bits per heavy atom. The van der Waals surface area contributed by atoms with E-state index in [9.17, 15) is 9.59 Å². The standard InChI is InChI=1S/C16H17N3O3/c20-15(14-5-7-17-18-14)19-8-6-12(10-19)9-11-1-3-13(4-2-11)16(21)22/h1-5,7,12H,6,8-10H2,(H,17,18)(H,21,22). The highest BCUT2D eigenvalue weighted by molar-refractivity contribution is 5.92. The first-order chi connectivity index (χ1) is 10.6. The van der Waals surface area contributed by atoms with E-state index in [2.05, 4.69) is 10.2 Å². The summed E-state index contributed by atoms with van der Waals surface area (Å²) < 4.78 is 0. The van der Waals surface area contributed by atoms with Crippen molar-refractivity contribution < 1.29 is 14.7 Å². The number of carbonyl (C=O) groups is 2. The smallest absolute Gasteiger partial charge is 0.335 e. The van der Waals surface area contributed by atoms with Crippen LogP contribution in [-0.4, -0.2) is 45.2 Å². The number of hydrogen-bond acceptors (Lipinski definition) is 3. The fraction of sp³-hybridized carbons (Fsp3) is 0.312. The van der Waals surface area contributed by atoms with Crippen LogP contribution >= 0.6 is 0 Å². The predicted octanol–water partition coefficient (Wildman–Crippen LogP) is 1.81. The van der Waals surface area contributed by atoms with Crippen molar-refractivity contribution >= 4 is 11.9 Å². The van der Waals surface area contributed by atoms with Crippen molar-refractivity contribution in [3.8, 4) is 0 Å². The average Bonchev–Trinajstić information content (AvgIpc) is 3.19. The molecule has 0 spiro atoms. The first-order valence-electron chi connectivity index (χ1n) is 7.24. The number of H-pyrrole nitrogens is 1. The molecule has 2 N–H and O–H groups in total. The van der Waals surface area contributed by atoms with Gasteiger partial charge in [0.2, 0.25) is 0 Å². The van der Waals surface area contributed by atoms with Crippen LogP contribution in [0.1, 0.15) is 32.8 Å². The molecule has 0 aliphatic carbocycles. The summed E-state index contributed by atoms with van der Waals surface area (Å²) >= 11 is 0. The van der Waals surface area contributed by atoms with Crippen molar-refractivity contribution in [2.75, 3.05) is 13.1 Å². The van der Waals surface area contributed by atoms with E-state index in [0.29, 0.717) is 17.2 Å². The summed E-state index contributed by atoms with van der Waals surface area (Å²) in [5.41, 5.74) is 1.92. The Morgan fingerprint density at radius 3 is 2.68 bits per heavy atom. The summed E-state index contributed by atoms with van der Waals surface area (Å²) in [6.07, 6.45) is 3.39. The fourth-order valence-corrected chi connectivity index (χ4v) is 2.85. The number of aromatic nitrogens is 2. The summed E-state index contributed by atoms with van der Waals surface area (Å²) in [7, 11) is 0. The topological polar surface area (TPSA) is 86.3 Å². The predicted molar refractivity (Wildman–Crippen MR) is 79.7 cm³/mol. The summed E-state index contributed by atoms with van der Waals surface area (Å²) in [5.74, 6) is -0.521. The third-order valence-electron chi connectivity index (χ3n) is 4.03. The van der Waals surface area contributed by atoms with Crippen molar-refractivity contribution in [1.29, 1.82) is 0 Å². The van der Waals surface area contributed by atoms with E-state index in [1.165, 1.54) is 0 Å². The van der Waals surface area contributed by atoms with Gasteiger partial charge < -0.3 is 10.0 Å². The summed E-state index contributed by atoms with van der Waals surface area (Å²) in [6.45, 7) is 1.47. The molecule has 1 aromatic carbocycles. The molecule has 6 heteroatoms. The van der Waals surface area contributed by atoms with E-state index in [4.69, 9.17) is 5.11 Å². The zero-order chi connectivity index (χ0) is 15.5. The Morgan fingerprint density at radius 1 is 1.27 bits per heavy atom. The molecule has 1 amide bonds. The second kappa shape index (κ2) is 6.01. The minimum absolute atomic E-state index is 0.0128. The van der Waals surface area contributed by atoms with Crippen molar-refractivity contribution in [3.05, 3.63) is 53.3 Å². The third-order valence-corrected chi connectivity index (χ3v) is 4.03. The maximum atomic E-state index is 12.2. The minimum Gasteiger partial charge on any atom is -0.478 e. The molecule has 2 heterocycles.